The van der Waals surface area contributed by atoms with E-state index in [2.05, 4.69) is 9.97 Å². The summed E-state index contributed by atoms with van der Waals surface area (Å²) in [7, 11) is 0. The van der Waals surface area contributed by atoms with Crippen molar-refractivity contribution in [1.29, 1.82) is 5.26 Å². The van der Waals surface area contributed by atoms with Crippen LogP contribution >= 0.6 is 0 Å². The van der Waals surface area contributed by atoms with Gasteiger partial charge in [-0.2, -0.15) is 5.26 Å². The SMILES string of the molecule is N#Cc1ccccc1COC(=O)c1cnccn1. The molecule has 0 saturated carbocycles. The number of rotatable bonds is 3. The Hall–Kier alpha value is -2.74. The maximum atomic E-state index is 11.6. The molecule has 0 atom stereocenters. The van der Waals surface area contributed by atoms with E-state index < -0.39 is 5.97 Å². The van der Waals surface area contributed by atoms with Gasteiger partial charge in [-0.3, -0.25) is 4.98 Å². The van der Waals surface area contributed by atoms with E-state index in [1.54, 1.807) is 24.3 Å². The van der Waals surface area contributed by atoms with Crippen molar-refractivity contribution in [1.82, 2.24) is 9.97 Å². The number of esters is 1. The molecular formula is C13H9N3O2. The van der Waals surface area contributed by atoms with Crippen LogP contribution in [0.1, 0.15) is 21.6 Å². The Kier molecular flexibility index (Phi) is 3.62. The summed E-state index contributed by atoms with van der Waals surface area (Å²) >= 11 is 0. The number of carbonyl (C=O) groups excluding carboxylic acids is 1. The largest absolute Gasteiger partial charge is 0.456 e. The normalized spacial score (nSPS) is 9.50. The highest BCUT2D eigenvalue weighted by Crippen LogP contribution is 2.09. The summed E-state index contributed by atoms with van der Waals surface area (Å²) in [4.78, 5) is 19.2. The minimum Gasteiger partial charge on any atom is -0.456 e. The van der Waals surface area contributed by atoms with Gasteiger partial charge >= 0.3 is 5.97 Å². The zero-order valence-corrected chi connectivity index (χ0v) is 9.41. The Balaban J connectivity index is 2.05. The summed E-state index contributed by atoms with van der Waals surface area (Å²) < 4.78 is 5.06. The smallest absolute Gasteiger partial charge is 0.358 e. The molecule has 18 heavy (non-hydrogen) atoms. The van der Waals surface area contributed by atoms with Gasteiger partial charge in [0.15, 0.2) is 5.69 Å². The molecule has 5 nitrogen and oxygen atoms in total. The first kappa shape index (κ1) is 11.7. The van der Waals surface area contributed by atoms with Crippen LogP contribution in [-0.4, -0.2) is 15.9 Å². The fourth-order valence-corrected chi connectivity index (χ4v) is 1.38. The molecule has 0 unspecified atom stereocenters. The lowest BCUT2D eigenvalue weighted by Crippen LogP contribution is -2.08. The zero-order chi connectivity index (χ0) is 12.8. The third-order valence-corrected chi connectivity index (χ3v) is 2.27. The molecule has 0 fully saturated rings. The van der Waals surface area contributed by atoms with Crippen LogP contribution in [0.25, 0.3) is 0 Å². The van der Waals surface area contributed by atoms with Crippen molar-refractivity contribution in [3.05, 3.63) is 59.7 Å². The lowest BCUT2D eigenvalue weighted by Gasteiger charge is -2.05. The molecule has 0 spiro atoms. The van der Waals surface area contributed by atoms with Crippen LogP contribution in [0.5, 0.6) is 0 Å². The molecule has 2 rings (SSSR count). The average Bonchev–Trinajstić information content (AvgIpc) is 2.46. The molecule has 0 saturated heterocycles. The molecule has 0 bridgehead atoms. The monoisotopic (exact) mass is 239 g/mol. The summed E-state index contributed by atoms with van der Waals surface area (Å²) in [5.41, 5.74) is 1.30. The quantitative estimate of drug-likeness (QED) is 0.762. The fraction of sp³-hybridized carbons (Fsp3) is 0.0769. The molecule has 0 aliphatic heterocycles. The highest BCUT2D eigenvalue weighted by atomic mass is 16.5. The average molecular weight is 239 g/mol. The van der Waals surface area contributed by atoms with Gasteiger partial charge in [-0.25, -0.2) is 9.78 Å². The Bertz CT molecular complexity index is 591. The standard InChI is InChI=1S/C13H9N3O2/c14-7-10-3-1-2-4-11(10)9-18-13(17)12-8-15-5-6-16-12/h1-6,8H,9H2. The lowest BCUT2D eigenvalue weighted by molar-refractivity contribution is 0.0465. The van der Waals surface area contributed by atoms with Crippen LogP contribution in [0, 0.1) is 11.3 Å². The summed E-state index contributed by atoms with van der Waals surface area (Å²) in [5, 5.41) is 8.89. The molecule has 5 heteroatoms. The Labute approximate surface area is 104 Å². The molecule has 0 aliphatic carbocycles. The molecule has 2 aromatic rings. The van der Waals surface area contributed by atoms with Crippen LogP contribution in [0.4, 0.5) is 0 Å². The van der Waals surface area contributed by atoms with Gasteiger partial charge < -0.3 is 4.74 Å². The highest BCUT2D eigenvalue weighted by molar-refractivity contribution is 5.86. The number of aromatic nitrogens is 2. The van der Waals surface area contributed by atoms with Gasteiger partial charge in [-0.05, 0) is 6.07 Å². The molecule has 88 valence electrons. The number of nitriles is 1. The van der Waals surface area contributed by atoms with E-state index in [1.165, 1.54) is 18.6 Å². The number of ether oxygens (including phenoxy) is 1. The van der Waals surface area contributed by atoms with Gasteiger partial charge in [0, 0.05) is 18.0 Å². The Morgan fingerprint density at radius 1 is 1.33 bits per heavy atom. The first-order chi connectivity index (χ1) is 8.81. The van der Waals surface area contributed by atoms with E-state index in [0.29, 0.717) is 11.1 Å². The summed E-state index contributed by atoms with van der Waals surface area (Å²) in [6, 6.07) is 8.99. The third-order valence-electron chi connectivity index (χ3n) is 2.27. The minimum atomic E-state index is -0.559. The molecule has 1 aromatic heterocycles. The molecule has 0 N–H and O–H groups in total. The van der Waals surface area contributed by atoms with E-state index in [-0.39, 0.29) is 12.3 Å². The van der Waals surface area contributed by atoms with Crippen LogP contribution in [0.15, 0.2) is 42.9 Å². The fourth-order valence-electron chi connectivity index (χ4n) is 1.38. The highest BCUT2D eigenvalue weighted by Gasteiger charge is 2.09. The minimum absolute atomic E-state index is 0.0408. The summed E-state index contributed by atoms with van der Waals surface area (Å²) in [5.74, 6) is -0.559. The number of hydrogen-bond acceptors (Lipinski definition) is 5. The van der Waals surface area contributed by atoms with E-state index in [9.17, 15) is 4.79 Å². The van der Waals surface area contributed by atoms with Gasteiger partial charge in [0.05, 0.1) is 17.8 Å². The van der Waals surface area contributed by atoms with E-state index >= 15 is 0 Å². The van der Waals surface area contributed by atoms with Gasteiger partial charge in [-0.1, -0.05) is 18.2 Å². The third kappa shape index (κ3) is 2.68. The second-order valence-corrected chi connectivity index (χ2v) is 3.44. The zero-order valence-electron chi connectivity index (χ0n) is 9.41. The lowest BCUT2D eigenvalue weighted by atomic mass is 10.1. The predicted molar refractivity (Wildman–Crippen MR) is 62.3 cm³/mol. The Morgan fingerprint density at radius 2 is 2.17 bits per heavy atom. The van der Waals surface area contributed by atoms with E-state index in [0.717, 1.165) is 0 Å². The van der Waals surface area contributed by atoms with Crippen molar-refractivity contribution in [3.63, 3.8) is 0 Å². The summed E-state index contributed by atoms with van der Waals surface area (Å²) in [6.45, 7) is 0.0408. The van der Waals surface area contributed by atoms with E-state index in [4.69, 9.17) is 10.00 Å². The van der Waals surface area contributed by atoms with Gasteiger partial charge in [0.25, 0.3) is 0 Å². The van der Waals surface area contributed by atoms with Crippen LogP contribution < -0.4 is 0 Å². The van der Waals surface area contributed by atoms with Crippen molar-refractivity contribution in [2.75, 3.05) is 0 Å². The number of hydrogen-bond donors (Lipinski definition) is 0. The molecule has 1 heterocycles. The first-order valence-corrected chi connectivity index (χ1v) is 5.22. The van der Waals surface area contributed by atoms with Gasteiger partial charge in [-0.15, -0.1) is 0 Å². The van der Waals surface area contributed by atoms with Crippen molar-refractivity contribution in [2.45, 2.75) is 6.61 Å². The van der Waals surface area contributed by atoms with Crippen LogP contribution in [0.3, 0.4) is 0 Å². The Morgan fingerprint density at radius 3 is 2.89 bits per heavy atom. The molecular weight excluding hydrogens is 230 g/mol. The van der Waals surface area contributed by atoms with Crippen molar-refractivity contribution >= 4 is 5.97 Å². The number of carbonyl (C=O) groups is 1. The van der Waals surface area contributed by atoms with Crippen LogP contribution in [-0.2, 0) is 11.3 Å². The maximum Gasteiger partial charge on any atom is 0.358 e. The van der Waals surface area contributed by atoms with Gasteiger partial charge in [0.1, 0.15) is 6.61 Å². The maximum absolute atomic E-state index is 11.6. The van der Waals surface area contributed by atoms with Gasteiger partial charge in [0.2, 0.25) is 0 Å². The van der Waals surface area contributed by atoms with Crippen LogP contribution in [0.2, 0.25) is 0 Å². The summed E-state index contributed by atoms with van der Waals surface area (Å²) in [6.07, 6.45) is 4.22. The predicted octanol–water partition coefficient (Wildman–Crippen LogP) is 1.71. The second kappa shape index (κ2) is 5.55. The topological polar surface area (TPSA) is 75.9 Å². The first-order valence-electron chi connectivity index (χ1n) is 5.22. The molecule has 1 aromatic carbocycles. The molecule has 0 amide bonds. The molecule has 0 radical (unpaired) electrons. The second-order valence-electron chi connectivity index (χ2n) is 3.44. The van der Waals surface area contributed by atoms with Crippen molar-refractivity contribution in [2.24, 2.45) is 0 Å². The van der Waals surface area contributed by atoms with Crippen molar-refractivity contribution in [3.8, 4) is 6.07 Å². The van der Waals surface area contributed by atoms with Crippen molar-refractivity contribution < 1.29 is 9.53 Å². The molecule has 0 aliphatic rings. The number of benzene rings is 1. The number of nitrogens with zero attached hydrogens (tertiary/aromatic N) is 3. The van der Waals surface area contributed by atoms with E-state index in [1.807, 2.05) is 6.07 Å².